The molecule has 0 saturated heterocycles. The number of primary amides is 1. The van der Waals surface area contributed by atoms with E-state index in [9.17, 15) is 68.1 Å². The molecule has 0 aromatic rings. The van der Waals surface area contributed by atoms with E-state index in [0.717, 1.165) is 32.6 Å². The van der Waals surface area contributed by atoms with Gasteiger partial charge in [-0.15, -0.1) is 0 Å². The van der Waals surface area contributed by atoms with Gasteiger partial charge in [0.05, 0.1) is 25.7 Å². The number of amides is 10. The van der Waals surface area contributed by atoms with Crippen molar-refractivity contribution in [3.05, 3.63) is 0 Å². The maximum absolute atomic E-state index is 13.7. The lowest BCUT2D eigenvalue weighted by molar-refractivity contribution is -0.142. The molecule has 0 spiro atoms. The van der Waals surface area contributed by atoms with Crippen molar-refractivity contribution in [2.75, 3.05) is 33.3 Å². The number of nitrogens with two attached hydrogens (primary N) is 5. The number of carbonyl (C=O) groups is 11. The number of nitrogens with zero attached hydrogens (tertiary/aromatic N) is 2. The molecule has 0 aromatic heterocycles. The summed E-state index contributed by atoms with van der Waals surface area (Å²) in [5, 5.41) is 51.4. The monoisotopic (exact) mass is 1140 g/mol. The van der Waals surface area contributed by atoms with Crippen molar-refractivity contribution in [2.24, 2.45) is 38.7 Å². The van der Waals surface area contributed by atoms with Crippen molar-refractivity contribution in [2.45, 2.75) is 204 Å². The van der Waals surface area contributed by atoms with E-state index in [1.807, 2.05) is 0 Å². The molecule has 0 aromatic carbocycles. The second-order valence-electron chi connectivity index (χ2n) is 19.4. The third-order valence-electron chi connectivity index (χ3n) is 12.3. The molecule has 0 radical (unpaired) electrons. The van der Waals surface area contributed by atoms with Crippen molar-refractivity contribution < 1.29 is 68.1 Å². The number of aliphatic hydroxyl groups is 2. The van der Waals surface area contributed by atoms with E-state index in [0.29, 0.717) is 6.42 Å². The highest BCUT2D eigenvalue weighted by Crippen LogP contribution is 2.13. The van der Waals surface area contributed by atoms with Gasteiger partial charge < -0.3 is 91.8 Å². The summed E-state index contributed by atoms with van der Waals surface area (Å²) in [5.41, 5.74) is 26.8. The Labute approximate surface area is 467 Å². The van der Waals surface area contributed by atoms with Crippen LogP contribution < -0.4 is 76.5 Å². The maximum Gasteiger partial charge on any atom is 0.305 e. The fraction of sp³-hybridized carbons (Fsp3) is 0.740. The molecule has 456 valence electrons. The van der Waals surface area contributed by atoms with E-state index >= 15 is 0 Å². The van der Waals surface area contributed by atoms with E-state index in [-0.39, 0.29) is 75.9 Å². The molecule has 0 aliphatic rings. The number of rotatable bonds is 45. The van der Waals surface area contributed by atoms with Gasteiger partial charge in [0.2, 0.25) is 59.1 Å². The number of unbranched alkanes of at least 4 members (excludes halogenated alkanes) is 12. The first-order chi connectivity index (χ1) is 37.9. The molecule has 10 amide bonds. The van der Waals surface area contributed by atoms with Crippen LogP contribution in [-0.2, 0) is 52.7 Å². The van der Waals surface area contributed by atoms with Crippen molar-refractivity contribution in [3.63, 3.8) is 0 Å². The average molecular weight is 1140 g/mol. The second kappa shape index (κ2) is 42.6. The molecule has 30 nitrogen and oxygen atoms in total. The molecule has 0 saturated carbocycles. The Kier molecular flexibility index (Phi) is 38.6. The standard InChI is InChI=1S/C50H92N16O14/c1-5-6-7-8-9-10-11-12-13-14-15-16-17-22-38(70)60-30(2)42(74)59-28-39(71)61-32(20-18-25-57-49(52)53)44(76)65-36(29-67)47(79)64-35(27-40(72)73)46(78)66-41(31(3)68)48(80)63-33(21-19-26-58-50(54)55)45(77)62-34(43(75)56-4)23-24-37(51)69/h30-36,41,67-68H,5-29H2,1-4H3,(H2,51,69)(H,56,75)(H,59,74)(H,60,70)(H,61,71)(H,62,77)(H,63,80)(H,64,79)(H,65,76)(H,66,78)(H,72,73)(H4,52,53,57)(H4,54,55,58)/t30-,31+,32-,33-,34-,35-,36-,41-/m0/s1. The van der Waals surface area contributed by atoms with Crippen LogP contribution in [0.3, 0.4) is 0 Å². The number of hydrogen-bond acceptors (Lipinski definition) is 15. The lowest BCUT2D eigenvalue weighted by atomic mass is 10.0. The van der Waals surface area contributed by atoms with Gasteiger partial charge in [-0.05, 0) is 52.4 Å². The van der Waals surface area contributed by atoms with Gasteiger partial charge in [-0.3, -0.25) is 62.7 Å². The number of aliphatic hydroxyl groups excluding tert-OH is 2. The number of aliphatic imine (C=N–C) groups is 2. The number of guanidine groups is 2. The quantitative estimate of drug-likeness (QED) is 0.0157. The first kappa shape index (κ1) is 72.6. The number of likely N-dealkylation sites (N-methyl/N-ethyl adjacent to an activating group) is 1. The average Bonchev–Trinajstić information content (AvgIpc) is 3.39. The van der Waals surface area contributed by atoms with Crippen LogP contribution in [-0.4, -0.2) is 174 Å². The number of carbonyl (C=O) groups excluding carboxylic acids is 10. The molecule has 0 unspecified atom stereocenters. The van der Waals surface area contributed by atoms with Gasteiger partial charge in [0, 0.05) is 33.0 Å². The fourth-order valence-corrected chi connectivity index (χ4v) is 7.84. The SMILES string of the molecule is CCCCCCCCCCCCCCCC(=O)N[C@@H](C)C(=O)NCC(=O)N[C@@H](CCCN=C(N)N)C(=O)N[C@@H](CO)C(=O)N[C@@H](CC(=O)O)C(=O)N[C@H](C(=O)N[C@@H](CCCN=C(N)N)C(=O)N[C@@H](CCC(N)=O)C(=O)NC)[C@@H](C)O. The molecule has 30 heteroatoms. The summed E-state index contributed by atoms with van der Waals surface area (Å²) in [6, 6.07) is -11.1. The van der Waals surface area contributed by atoms with Crippen LogP contribution in [0.5, 0.6) is 0 Å². The predicted molar refractivity (Wildman–Crippen MR) is 296 cm³/mol. The summed E-state index contributed by atoms with van der Waals surface area (Å²) in [4.78, 5) is 150. The van der Waals surface area contributed by atoms with Gasteiger partial charge in [-0.25, -0.2) is 0 Å². The zero-order chi connectivity index (χ0) is 60.6. The Morgan fingerprint density at radius 2 is 0.912 bits per heavy atom. The van der Waals surface area contributed by atoms with E-state index < -0.39 is 127 Å². The highest BCUT2D eigenvalue weighted by molar-refractivity contribution is 5.98. The fourth-order valence-electron chi connectivity index (χ4n) is 7.84. The van der Waals surface area contributed by atoms with E-state index in [1.165, 1.54) is 65.3 Å². The molecule has 0 aliphatic heterocycles. The third kappa shape index (κ3) is 34.5. The van der Waals surface area contributed by atoms with Gasteiger partial charge in [0.1, 0.15) is 42.3 Å². The summed E-state index contributed by atoms with van der Waals surface area (Å²) in [6.07, 6.45) is 11.5. The molecule has 0 heterocycles. The molecular formula is C50H92N16O14. The largest absolute Gasteiger partial charge is 0.481 e. The topological polar surface area (TPSA) is 512 Å². The van der Waals surface area contributed by atoms with Gasteiger partial charge >= 0.3 is 5.97 Å². The number of carboxylic acid groups (broad SMARTS) is 1. The van der Waals surface area contributed by atoms with E-state index in [2.05, 4.69) is 64.8 Å². The number of hydrogen-bond donors (Lipinski definition) is 17. The highest BCUT2D eigenvalue weighted by atomic mass is 16.4. The van der Waals surface area contributed by atoms with Crippen molar-refractivity contribution in [1.82, 2.24) is 47.9 Å². The summed E-state index contributed by atoms with van der Waals surface area (Å²) in [6.45, 7) is 2.88. The minimum Gasteiger partial charge on any atom is -0.481 e. The summed E-state index contributed by atoms with van der Waals surface area (Å²) in [5.74, 6) is -11.5. The van der Waals surface area contributed by atoms with Gasteiger partial charge in [-0.1, -0.05) is 84.0 Å². The number of aliphatic carboxylic acids is 1. The second-order valence-corrected chi connectivity index (χ2v) is 19.4. The lowest BCUT2D eigenvalue weighted by Gasteiger charge is -2.28. The minimum absolute atomic E-state index is 0.0134. The molecular weight excluding hydrogens is 1050 g/mol. The Hall–Kier alpha value is -7.37. The lowest BCUT2D eigenvalue weighted by Crippen LogP contribution is -2.62. The molecule has 22 N–H and O–H groups in total. The van der Waals surface area contributed by atoms with E-state index in [4.69, 9.17) is 28.7 Å². The molecule has 8 atom stereocenters. The minimum atomic E-state index is -2.04. The van der Waals surface area contributed by atoms with Crippen molar-refractivity contribution in [3.8, 4) is 0 Å². The van der Waals surface area contributed by atoms with Crippen LogP contribution in [0.1, 0.15) is 156 Å². The van der Waals surface area contributed by atoms with Gasteiger partial charge in [0.25, 0.3) is 0 Å². The summed E-state index contributed by atoms with van der Waals surface area (Å²) in [7, 11) is 1.27. The zero-order valence-corrected chi connectivity index (χ0v) is 46.9. The zero-order valence-electron chi connectivity index (χ0n) is 46.9. The maximum atomic E-state index is 13.7. The molecule has 0 aliphatic carbocycles. The number of nitrogens with one attached hydrogen (secondary N) is 9. The van der Waals surface area contributed by atoms with Gasteiger partial charge in [-0.2, -0.15) is 0 Å². The highest BCUT2D eigenvalue weighted by Gasteiger charge is 2.36. The van der Waals surface area contributed by atoms with Gasteiger partial charge in [0.15, 0.2) is 11.9 Å². The van der Waals surface area contributed by atoms with E-state index in [1.54, 1.807) is 0 Å². The number of carboxylic acids is 1. The van der Waals surface area contributed by atoms with Crippen molar-refractivity contribution in [1.29, 1.82) is 0 Å². The third-order valence-corrected chi connectivity index (χ3v) is 12.3. The normalized spacial score (nSPS) is 13.8. The van der Waals surface area contributed by atoms with Crippen molar-refractivity contribution >= 4 is 77.0 Å². The van der Waals surface area contributed by atoms with Crippen LogP contribution in [0, 0.1) is 0 Å². The molecule has 80 heavy (non-hydrogen) atoms. The van der Waals surface area contributed by atoms with Crippen LogP contribution in [0.25, 0.3) is 0 Å². The Bertz CT molecular complexity index is 2040. The van der Waals surface area contributed by atoms with Crippen LogP contribution in [0.2, 0.25) is 0 Å². The molecule has 0 rings (SSSR count). The first-order valence-electron chi connectivity index (χ1n) is 27.4. The summed E-state index contributed by atoms with van der Waals surface area (Å²) >= 11 is 0. The smallest absolute Gasteiger partial charge is 0.305 e. The molecule has 0 bridgehead atoms. The van der Waals surface area contributed by atoms with Crippen LogP contribution in [0.4, 0.5) is 0 Å². The van der Waals surface area contributed by atoms with Crippen LogP contribution >= 0.6 is 0 Å². The Balaban J connectivity index is 5.87. The molecule has 0 fully saturated rings. The Morgan fingerprint density at radius 3 is 1.38 bits per heavy atom. The Morgan fingerprint density at radius 1 is 0.475 bits per heavy atom. The predicted octanol–water partition coefficient (Wildman–Crippen LogP) is -4.04. The van der Waals surface area contributed by atoms with Crippen LogP contribution in [0.15, 0.2) is 9.98 Å². The first-order valence-corrected chi connectivity index (χ1v) is 27.4. The summed E-state index contributed by atoms with van der Waals surface area (Å²) < 4.78 is 0.